The fourth-order valence-corrected chi connectivity index (χ4v) is 4.64. The van der Waals surface area contributed by atoms with Crippen molar-refractivity contribution in [3.63, 3.8) is 0 Å². The first-order valence-corrected chi connectivity index (χ1v) is 10.6. The highest BCUT2D eigenvalue weighted by Gasteiger charge is 2.40. The van der Waals surface area contributed by atoms with Crippen molar-refractivity contribution in [2.75, 3.05) is 7.11 Å². The lowest BCUT2D eigenvalue weighted by Gasteiger charge is -2.42. The van der Waals surface area contributed by atoms with Crippen LogP contribution < -0.4 is 0 Å². The Morgan fingerprint density at radius 3 is 2.03 bits per heavy atom. The molecule has 0 bridgehead atoms. The summed E-state index contributed by atoms with van der Waals surface area (Å²) in [5.41, 5.74) is 2.39. The minimum Gasteiger partial charge on any atom is -0.465 e. The van der Waals surface area contributed by atoms with Crippen LogP contribution in [0.4, 0.5) is 8.78 Å². The summed E-state index contributed by atoms with van der Waals surface area (Å²) in [6.07, 6.45) is 2.02. The van der Waals surface area contributed by atoms with Gasteiger partial charge in [-0.1, -0.05) is 58.0 Å². The number of esters is 1. The summed E-state index contributed by atoms with van der Waals surface area (Å²) in [5.74, 6) is -3.57. The molecule has 2 nitrogen and oxygen atoms in total. The van der Waals surface area contributed by atoms with Crippen LogP contribution in [0.25, 0.3) is 10.8 Å². The zero-order chi connectivity index (χ0) is 22.6. The number of rotatable bonds is 3. The molecular weight excluding hydrogens is 394 g/mol. The Morgan fingerprint density at radius 2 is 1.35 bits per heavy atom. The Balaban J connectivity index is 1.78. The van der Waals surface area contributed by atoms with Gasteiger partial charge in [-0.15, -0.1) is 0 Å². The minimum atomic E-state index is -3.12. The molecule has 0 aliphatic heterocycles. The number of halogens is 2. The Morgan fingerprint density at radius 1 is 0.806 bits per heavy atom. The fourth-order valence-electron chi connectivity index (χ4n) is 4.64. The van der Waals surface area contributed by atoms with Crippen LogP contribution in [0, 0.1) is 0 Å². The summed E-state index contributed by atoms with van der Waals surface area (Å²) in [5, 5.41) is 1.38. The summed E-state index contributed by atoms with van der Waals surface area (Å²) in [7, 11) is 1.32. The van der Waals surface area contributed by atoms with Crippen molar-refractivity contribution in [1.82, 2.24) is 0 Å². The maximum absolute atomic E-state index is 15.6. The summed E-state index contributed by atoms with van der Waals surface area (Å²) < 4.78 is 36.0. The molecule has 0 heterocycles. The average molecular weight is 423 g/mol. The van der Waals surface area contributed by atoms with E-state index in [2.05, 4.69) is 27.7 Å². The molecule has 0 unspecified atom stereocenters. The standard InChI is InChI=1S/C27H28F2O2/c1-25(2)12-13-26(3,4)23-16-21(10-11-22(23)25)27(28,29)20-9-8-17-14-19(24(30)31-5)7-6-18(17)15-20/h6-11,14-16H,12-13H2,1-5H3. The quantitative estimate of drug-likeness (QED) is 0.420. The molecule has 4 heteroatoms. The van der Waals surface area contributed by atoms with Crippen molar-refractivity contribution in [3.8, 4) is 0 Å². The third kappa shape index (κ3) is 3.62. The first kappa shape index (κ1) is 21.5. The SMILES string of the molecule is COC(=O)c1ccc2cc(C(F)(F)c3ccc4c(c3)C(C)(C)CCC4(C)C)ccc2c1. The Labute approximate surface area is 182 Å². The molecule has 162 valence electrons. The number of carbonyl (C=O) groups is 1. The molecular formula is C27H28F2O2. The molecule has 3 aromatic rings. The molecule has 0 amide bonds. The molecule has 0 N–H and O–H groups in total. The monoisotopic (exact) mass is 422 g/mol. The topological polar surface area (TPSA) is 26.3 Å². The molecule has 0 saturated carbocycles. The van der Waals surface area contributed by atoms with E-state index in [-0.39, 0.29) is 22.0 Å². The second kappa shape index (κ2) is 7.15. The van der Waals surface area contributed by atoms with Gasteiger partial charge in [0, 0.05) is 11.1 Å². The summed E-state index contributed by atoms with van der Waals surface area (Å²) in [6.45, 7) is 8.64. The molecule has 31 heavy (non-hydrogen) atoms. The van der Waals surface area contributed by atoms with E-state index < -0.39 is 11.9 Å². The van der Waals surface area contributed by atoms with Crippen LogP contribution in [-0.2, 0) is 21.5 Å². The average Bonchev–Trinajstić information content (AvgIpc) is 2.75. The zero-order valence-electron chi connectivity index (χ0n) is 18.7. The van der Waals surface area contributed by atoms with Crippen LogP contribution in [0.2, 0.25) is 0 Å². The number of alkyl halides is 2. The minimum absolute atomic E-state index is 0.0149. The number of carbonyl (C=O) groups excluding carboxylic acids is 1. The van der Waals surface area contributed by atoms with Crippen molar-refractivity contribution in [2.45, 2.75) is 57.3 Å². The Kier molecular flexibility index (Phi) is 4.95. The zero-order valence-corrected chi connectivity index (χ0v) is 18.7. The second-order valence-electron chi connectivity index (χ2n) is 9.87. The number of hydrogen-bond acceptors (Lipinski definition) is 2. The van der Waals surface area contributed by atoms with Gasteiger partial charge in [0.05, 0.1) is 12.7 Å². The van der Waals surface area contributed by atoms with E-state index in [0.717, 1.165) is 29.4 Å². The predicted octanol–water partition coefficient (Wildman–Crippen LogP) is 7.12. The van der Waals surface area contributed by atoms with E-state index in [1.165, 1.54) is 19.2 Å². The molecule has 0 radical (unpaired) electrons. The van der Waals surface area contributed by atoms with Crippen molar-refractivity contribution in [3.05, 3.63) is 82.4 Å². The van der Waals surface area contributed by atoms with E-state index in [9.17, 15) is 4.79 Å². The lowest BCUT2D eigenvalue weighted by molar-refractivity contribution is 0.0426. The van der Waals surface area contributed by atoms with E-state index >= 15 is 8.78 Å². The highest BCUT2D eigenvalue weighted by Crippen LogP contribution is 2.48. The first-order chi connectivity index (χ1) is 14.5. The van der Waals surface area contributed by atoms with Crippen LogP contribution in [-0.4, -0.2) is 13.1 Å². The Hall–Kier alpha value is -2.75. The molecule has 0 saturated heterocycles. The van der Waals surface area contributed by atoms with Gasteiger partial charge in [-0.2, -0.15) is 8.78 Å². The van der Waals surface area contributed by atoms with Crippen LogP contribution >= 0.6 is 0 Å². The van der Waals surface area contributed by atoms with Gasteiger partial charge in [0.2, 0.25) is 0 Å². The van der Waals surface area contributed by atoms with E-state index in [1.54, 1.807) is 36.4 Å². The second-order valence-corrected chi connectivity index (χ2v) is 9.87. The smallest absolute Gasteiger partial charge is 0.337 e. The van der Waals surface area contributed by atoms with Gasteiger partial charge in [-0.25, -0.2) is 4.79 Å². The summed E-state index contributed by atoms with van der Waals surface area (Å²) >= 11 is 0. The lowest BCUT2D eigenvalue weighted by atomic mass is 9.63. The number of ether oxygens (including phenoxy) is 1. The normalized spacial score (nSPS) is 17.3. The summed E-state index contributed by atoms with van der Waals surface area (Å²) in [4.78, 5) is 11.7. The maximum atomic E-state index is 15.6. The van der Waals surface area contributed by atoms with Crippen molar-refractivity contribution in [2.24, 2.45) is 0 Å². The molecule has 1 aliphatic rings. The van der Waals surface area contributed by atoms with E-state index in [0.29, 0.717) is 10.9 Å². The predicted molar refractivity (Wildman–Crippen MR) is 120 cm³/mol. The number of fused-ring (bicyclic) bond motifs is 2. The number of methoxy groups -OCH3 is 1. The lowest BCUT2D eigenvalue weighted by Crippen LogP contribution is -2.34. The van der Waals surface area contributed by atoms with Crippen LogP contribution in [0.5, 0.6) is 0 Å². The maximum Gasteiger partial charge on any atom is 0.337 e. The van der Waals surface area contributed by atoms with Crippen LogP contribution in [0.3, 0.4) is 0 Å². The van der Waals surface area contributed by atoms with Crippen molar-refractivity contribution >= 4 is 16.7 Å². The third-order valence-electron chi connectivity index (χ3n) is 6.84. The highest BCUT2D eigenvalue weighted by atomic mass is 19.3. The molecule has 1 aliphatic carbocycles. The largest absolute Gasteiger partial charge is 0.465 e. The van der Waals surface area contributed by atoms with Crippen molar-refractivity contribution < 1.29 is 18.3 Å². The number of benzene rings is 3. The van der Waals surface area contributed by atoms with Gasteiger partial charge >= 0.3 is 5.97 Å². The molecule has 0 atom stereocenters. The molecule has 3 aromatic carbocycles. The van der Waals surface area contributed by atoms with Crippen LogP contribution in [0.15, 0.2) is 54.6 Å². The molecule has 0 aromatic heterocycles. The van der Waals surface area contributed by atoms with Gasteiger partial charge in [0.15, 0.2) is 0 Å². The molecule has 0 fully saturated rings. The fraction of sp³-hybridized carbons (Fsp3) is 0.370. The van der Waals surface area contributed by atoms with Gasteiger partial charge in [-0.3, -0.25) is 0 Å². The van der Waals surface area contributed by atoms with Gasteiger partial charge in [0.25, 0.3) is 5.92 Å². The molecule has 0 spiro atoms. The van der Waals surface area contributed by atoms with Crippen LogP contribution in [0.1, 0.15) is 73.1 Å². The van der Waals surface area contributed by atoms with Gasteiger partial charge < -0.3 is 4.74 Å². The van der Waals surface area contributed by atoms with E-state index in [4.69, 9.17) is 4.74 Å². The summed E-state index contributed by atoms with van der Waals surface area (Å²) in [6, 6.07) is 14.7. The highest BCUT2D eigenvalue weighted by molar-refractivity contribution is 5.95. The third-order valence-corrected chi connectivity index (χ3v) is 6.84. The van der Waals surface area contributed by atoms with Gasteiger partial charge in [-0.05, 0) is 69.8 Å². The first-order valence-electron chi connectivity index (χ1n) is 10.6. The van der Waals surface area contributed by atoms with Gasteiger partial charge in [0.1, 0.15) is 0 Å². The van der Waals surface area contributed by atoms with E-state index in [1.807, 2.05) is 6.07 Å². The number of hydrogen-bond donors (Lipinski definition) is 0. The Bertz CT molecular complexity index is 1180. The van der Waals surface area contributed by atoms with Crippen molar-refractivity contribution in [1.29, 1.82) is 0 Å². The molecule has 4 rings (SSSR count).